The zero-order valence-corrected chi connectivity index (χ0v) is 26.5. The van der Waals surface area contributed by atoms with Crippen molar-refractivity contribution >= 4 is 40.4 Å². The van der Waals surface area contributed by atoms with Gasteiger partial charge in [-0.1, -0.05) is 43.6 Å². The Bertz CT molecular complexity index is 1590. The van der Waals surface area contributed by atoms with E-state index in [0.717, 1.165) is 47.8 Å². The summed E-state index contributed by atoms with van der Waals surface area (Å²) in [5.41, 5.74) is 5.14. The van der Waals surface area contributed by atoms with E-state index < -0.39 is 6.04 Å². The number of amides is 1. The van der Waals surface area contributed by atoms with Crippen molar-refractivity contribution in [2.24, 2.45) is 5.41 Å². The highest BCUT2D eigenvalue weighted by Crippen LogP contribution is 2.49. The molecule has 230 valence electrons. The molecule has 0 saturated carbocycles. The normalized spacial score (nSPS) is 19.5. The van der Waals surface area contributed by atoms with Crippen molar-refractivity contribution in [3.05, 3.63) is 88.6 Å². The molecule has 6 rings (SSSR count). The molecule has 2 aliphatic heterocycles. The topological polar surface area (TPSA) is 74.4 Å². The standard InChI is InChI=1S/C35H39ClN4O4/c1-35(2)20-27-33(29(41)21-35)34(23-9-14-30(43-3)31(19-23)44-4)40(28-8-6-5-7-26(28)37-27)22-32(42)39-17-15-38(16-18-39)25-12-10-24(36)11-13-25/h5-14,19,34,37H,15-18,20-22H2,1-4H3. The molecule has 1 N–H and O–H groups in total. The lowest BCUT2D eigenvalue weighted by atomic mass is 9.73. The number of ketones is 1. The highest BCUT2D eigenvalue weighted by Gasteiger charge is 2.42. The molecule has 0 aromatic heterocycles. The van der Waals surface area contributed by atoms with Crippen LogP contribution in [-0.4, -0.2) is 63.5 Å². The lowest BCUT2D eigenvalue weighted by Crippen LogP contribution is -2.52. The summed E-state index contributed by atoms with van der Waals surface area (Å²) >= 11 is 6.09. The number of halogens is 1. The van der Waals surface area contributed by atoms with Gasteiger partial charge in [0, 0.05) is 54.6 Å². The Kier molecular flexibility index (Phi) is 8.20. The average molecular weight is 615 g/mol. The summed E-state index contributed by atoms with van der Waals surface area (Å²) in [4.78, 5) is 34.4. The Hall–Kier alpha value is -4.17. The third-order valence-corrected chi connectivity index (χ3v) is 9.11. The van der Waals surface area contributed by atoms with Crippen LogP contribution < -0.4 is 24.6 Å². The summed E-state index contributed by atoms with van der Waals surface area (Å²) in [7, 11) is 3.21. The number of benzene rings is 3. The van der Waals surface area contributed by atoms with Crippen LogP contribution in [0.15, 0.2) is 78.0 Å². The molecule has 1 fully saturated rings. The molecule has 1 unspecified atom stereocenters. The van der Waals surface area contributed by atoms with Gasteiger partial charge in [0.25, 0.3) is 0 Å². The number of rotatable bonds is 6. The van der Waals surface area contributed by atoms with Gasteiger partial charge in [-0.2, -0.15) is 0 Å². The first-order valence-electron chi connectivity index (χ1n) is 15.1. The number of carbonyl (C=O) groups excluding carboxylic acids is 2. The summed E-state index contributed by atoms with van der Waals surface area (Å²) in [6.07, 6.45) is 1.16. The quantitative estimate of drug-likeness (QED) is 0.348. The van der Waals surface area contributed by atoms with Gasteiger partial charge in [-0.25, -0.2) is 0 Å². The van der Waals surface area contributed by atoms with Gasteiger partial charge in [0.2, 0.25) is 5.91 Å². The maximum absolute atomic E-state index is 14.1. The number of ether oxygens (including phenoxy) is 2. The summed E-state index contributed by atoms with van der Waals surface area (Å²) in [6, 6.07) is 21.1. The number of para-hydroxylation sites is 2. The van der Waals surface area contributed by atoms with E-state index in [1.54, 1.807) is 14.2 Å². The van der Waals surface area contributed by atoms with Gasteiger partial charge in [-0.05, 0) is 65.9 Å². The summed E-state index contributed by atoms with van der Waals surface area (Å²) in [5, 5.41) is 4.33. The molecular formula is C35H39ClN4O4. The number of Topliss-reactive ketones (excluding diaryl/α,β-unsaturated/α-hetero) is 1. The molecule has 9 heteroatoms. The molecule has 0 spiro atoms. The van der Waals surface area contributed by atoms with Gasteiger partial charge in [-0.15, -0.1) is 0 Å². The SMILES string of the molecule is COc1ccc(C2C3=C(CC(C)(C)CC3=O)Nc3ccccc3N2CC(=O)N2CCN(c3ccc(Cl)cc3)CC2)cc1OC. The maximum atomic E-state index is 14.1. The Morgan fingerprint density at radius 3 is 2.34 bits per heavy atom. The second-order valence-electron chi connectivity index (χ2n) is 12.5. The predicted octanol–water partition coefficient (Wildman–Crippen LogP) is 6.32. The third-order valence-electron chi connectivity index (χ3n) is 8.86. The predicted molar refractivity (Wildman–Crippen MR) is 175 cm³/mol. The van der Waals surface area contributed by atoms with Crippen LogP contribution in [0.1, 0.15) is 38.3 Å². The fourth-order valence-electron chi connectivity index (χ4n) is 6.71. The molecule has 1 atom stereocenters. The van der Waals surface area contributed by atoms with Gasteiger partial charge in [0.1, 0.15) is 0 Å². The first kappa shape index (κ1) is 29.9. The van der Waals surface area contributed by atoms with E-state index >= 15 is 0 Å². The fraction of sp³-hybridized carbons (Fsp3) is 0.371. The van der Waals surface area contributed by atoms with Crippen molar-refractivity contribution in [3.8, 4) is 11.5 Å². The monoisotopic (exact) mass is 614 g/mol. The highest BCUT2D eigenvalue weighted by atomic mass is 35.5. The van der Waals surface area contributed by atoms with Crippen LogP contribution in [0.25, 0.3) is 0 Å². The van der Waals surface area contributed by atoms with E-state index in [2.05, 4.69) is 29.0 Å². The summed E-state index contributed by atoms with van der Waals surface area (Å²) in [6.45, 7) is 7.05. The zero-order chi connectivity index (χ0) is 31.0. The Labute approximate surface area is 264 Å². The Balaban J connectivity index is 1.37. The lowest BCUT2D eigenvalue weighted by Gasteiger charge is -2.40. The van der Waals surface area contributed by atoms with E-state index in [0.29, 0.717) is 41.6 Å². The number of piperazine rings is 1. The number of fused-ring (bicyclic) bond motifs is 1. The Morgan fingerprint density at radius 1 is 0.932 bits per heavy atom. The summed E-state index contributed by atoms with van der Waals surface area (Å²) in [5.74, 6) is 1.29. The van der Waals surface area contributed by atoms with Crippen molar-refractivity contribution in [2.45, 2.75) is 32.7 Å². The average Bonchev–Trinajstić information content (AvgIpc) is 3.15. The molecule has 1 amide bonds. The summed E-state index contributed by atoms with van der Waals surface area (Å²) < 4.78 is 11.2. The van der Waals surface area contributed by atoms with Crippen LogP contribution in [-0.2, 0) is 9.59 Å². The molecule has 0 radical (unpaired) electrons. The van der Waals surface area contributed by atoms with Gasteiger partial charge in [0.15, 0.2) is 17.3 Å². The second-order valence-corrected chi connectivity index (χ2v) is 12.9. The zero-order valence-electron chi connectivity index (χ0n) is 25.7. The largest absolute Gasteiger partial charge is 0.493 e. The van der Waals surface area contributed by atoms with E-state index in [1.807, 2.05) is 71.6 Å². The van der Waals surface area contributed by atoms with Crippen LogP contribution in [0.2, 0.25) is 5.02 Å². The molecule has 0 bridgehead atoms. The van der Waals surface area contributed by atoms with Crippen molar-refractivity contribution in [1.29, 1.82) is 0 Å². The van der Waals surface area contributed by atoms with Crippen LogP contribution in [0.3, 0.4) is 0 Å². The van der Waals surface area contributed by atoms with Gasteiger partial charge in [-0.3, -0.25) is 9.59 Å². The highest BCUT2D eigenvalue weighted by molar-refractivity contribution is 6.30. The van der Waals surface area contributed by atoms with E-state index in [9.17, 15) is 9.59 Å². The fourth-order valence-corrected chi connectivity index (χ4v) is 6.83. The second kappa shape index (κ2) is 12.1. The number of hydrogen-bond donors (Lipinski definition) is 1. The molecule has 3 aromatic carbocycles. The number of allylic oxidation sites excluding steroid dienone is 1. The van der Waals surface area contributed by atoms with Gasteiger partial charge >= 0.3 is 0 Å². The van der Waals surface area contributed by atoms with Gasteiger partial charge < -0.3 is 29.5 Å². The Morgan fingerprint density at radius 2 is 1.64 bits per heavy atom. The number of carbonyl (C=O) groups is 2. The number of hydrogen-bond acceptors (Lipinski definition) is 7. The number of nitrogens with one attached hydrogen (secondary N) is 1. The molecule has 8 nitrogen and oxygen atoms in total. The number of nitrogens with zero attached hydrogens (tertiary/aromatic N) is 3. The maximum Gasteiger partial charge on any atom is 0.242 e. The number of methoxy groups -OCH3 is 2. The smallest absolute Gasteiger partial charge is 0.242 e. The third kappa shape index (κ3) is 5.83. The number of anilines is 3. The minimum absolute atomic E-state index is 0.0219. The molecule has 3 aliphatic rings. The van der Waals surface area contributed by atoms with Crippen LogP contribution in [0.4, 0.5) is 17.1 Å². The van der Waals surface area contributed by atoms with Crippen LogP contribution in [0, 0.1) is 5.41 Å². The van der Waals surface area contributed by atoms with E-state index in [4.69, 9.17) is 21.1 Å². The minimum atomic E-state index is -0.496. The van der Waals surface area contributed by atoms with Crippen LogP contribution in [0.5, 0.6) is 11.5 Å². The molecule has 1 saturated heterocycles. The minimum Gasteiger partial charge on any atom is -0.493 e. The van der Waals surface area contributed by atoms with Crippen molar-refractivity contribution in [2.75, 3.05) is 62.1 Å². The molecule has 44 heavy (non-hydrogen) atoms. The van der Waals surface area contributed by atoms with Crippen molar-refractivity contribution in [3.63, 3.8) is 0 Å². The molecule has 2 heterocycles. The molecule has 1 aliphatic carbocycles. The first-order valence-corrected chi connectivity index (χ1v) is 15.4. The van der Waals surface area contributed by atoms with Crippen molar-refractivity contribution in [1.82, 2.24) is 4.90 Å². The lowest BCUT2D eigenvalue weighted by molar-refractivity contribution is -0.130. The van der Waals surface area contributed by atoms with E-state index in [1.165, 1.54) is 0 Å². The van der Waals surface area contributed by atoms with E-state index in [-0.39, 0.29) is 23.7 Å². The molecule has 3 aromatic rings. The molecular weight excluding hydrogens is 576 g/mol. The van der Waals surface area contributed by atoms with Gasteiger partial charge in [0.05, 0.1) is 38.2 Å². The van der Waals surface area contributed by atoms with Crippen LogP contribution >= 0.6 is 11.6 Å². The van der Waals surface area contributed by atoms with Crippen molar-refractivity contribution < 1.29 is 19.1 Å². The first-order chi connectivity index (χ1) is 21.2.